The fraction of sp³-hybridized carbons (Fsp3) is 0.533. The Morgan fingerprint density at radius 1 is 1.45 bits per heavy atom. The smallest absolute Gasteiger partial charge is 0.270 e. The largest absolute Gasteiger partial charge is 0.301 e. The van der Waals surface area contributed by atoms with Crippen LogP contribution in [0.2, 0.25) is 0 Å². The number of nitrogens with one attached hydrogen (secondary N) is 1. The molecule has 2 rings (SSSR count). The first-order valence-electron chi connectivity index (χ1n) is 7.39. The monoisotopic (exact) mass is 339 g/mol. The fourth-order valence-corrected chi connectivity index (χ4v) is 4.78. The Kier molecular flexibility index (Phi) is 6.12. The van der Waals surface area contributed by atoms with Crippen molar-refractivity contribution in [3.05, 3.63) is 24.3 Å². The van der Waals surface area contributed by atoms with Crippen LogP contribution in [-0.4, -0.2) is 31.6 Å². The molecule has 0 radical (unpaired) electrons. The van der Waals surface area contributed by atoms with Gasteiger partial charge in [0.05, 0.1) is 11.8 Å². The zero-order valence-corrected chi connectivity index (χ0v) is 14.3. The predicted molar refractivity (Wildman–Crippen MR) is 89.9 cm³/mol. The Morgan fingerprint density at radius 3 is 2.95 bits per heavy atom. The van der Waals surface area contributed by atoms with Crippen LogP contribution in [0.1, 0.15) is 26.2 Å². The van der Waals surface area contributed by atoms with Crippen LogP contribution in [0, 0.1) is 17.2 Å². The SMILES string of the molecule is CC1CCCN(S(=O)(=O)Nc2ccccc2SCCC#N)C1. The quantitative estimate of drug-likeness (QED) is 0.638. The third kappa shape index (κ3) is 4.63. The van der Waals surface area contributed by atoms with E-state index >= 15 is 0 Å². The number of para-hydroxylation sites is 1. The first-order valence-corrected chi connectivity index (χ1v) is 9.82. The Bertz CT molecular complexity index is 640. The number of thioether (sulfide) groups is 1. The zero-order chi connectivity index (χ0) is 16.0. The van der Waals surface area contributed by atoms with Crippen LogP contribution >= 0.6 is 11.8 Å². The average Bonchev–Trinajstić information content (AvgIpc) is 2.49. The minimum Gasteiger partial charge on any atom is -0.270 e. The van der Waals surface area contributed by atoms with Gasteiger partial charge in [-0.3, -0.25) is 4.72 Å². The molecule has 0 aromatic heterocycles. The lowest BCUT2D eigenvalue weighted by molar-refractivity contribution is 0.282. The van der Waals surface area contributed by atoms with Gasteiger partial charge in [0.2, 0.25) is 0 Å². The van der Waals surface area contributed by atoms with Crippen molar-refractivity contribution in [1.29, 1.82) is 5.26 Å². The summed E-state index contributed by atoms with van der Waals surface area (Å²) in [5, 5.41) is 8.61. The molecule has 1 atom stereocenters. The number of nitriles is 1. The lowest BCUT2D eigenvalue weighted by atomic mass is 10.0. The summed E-state index contributed by atoms with van der Waals surface area (Å²) < 4.78 is 29.3. The van der Waals surface area contributed by atoms with Crippen LogP contribution in [0.3, 0.4) is 0 Å². The highest BCUT2D eigenvalue weighted by atomic mass is 32.2. The van der Waals surface area contributed by atoms with Gasteiger partial charge in [-0.15, -0.1) is 11.8 Å². The van der Waals surface area contributed by atoms with Gasteiger partial charge in [-0.2, -0.15) is 18.0 Å². The molecular formula is C15H21N3O2S2. The summed E-state index contributed by atoms with van der Waals surface area (Å²) in [5.74, 6) is 1.04. The van der Waals surface area contributed by atoms with Crippen LogP contribution in [0.5, 0.6) is 0 Å². The summed E-state index contributed by atoms with van der Waals surface area (Å²) in [6.07, 6.45) is 2.42. The van der Waals surface area contributed by atoms with E-state index in [1.165, 1.54) is 16.1 Å². The van der Waals surface area contributed by atoms with E-state index in [4.69, 9.17) is 5.26 Å². The summed E-state index contributed by atoms with van der Waals surface area (Å²) in [7, 11) is -3.52. The molecular weight excluding hydrogens is 318 g/mol. The molecule has 1 unspecified atom stereocenters. The minimum absolute atomic E-state index is 0.394. The van der Waals surface area contributed by atoms with Crippen molar-refractivity contribution in [3.8, 4) is 6.07 Å². The van der Waals surface area contributed by atoms with Crippen molar-refractivity contribution in [1.82, 2.24) is 4.31 Å². The molecule has 0 aliphatic carbocycles. The number of piperidine rings is 1. The van der Waals surface area contributed by atoms with E-state index in [2.05, 4.69) is 17.7 Å². The third-order valence-corrected chi connectivity index (χ3v) is 6.12. The standard InChI is InChI=1S/C15H21N3O2S2/c1-13-6-4-10-18(12-13)22(19,20)17-14-7-2-3-8-15(14)21-11-5-9-16/h2-3,7-8,13,17H,4-6,10-12H2,1H3. The molecule has 7 heteroatoms. The predicted octanol–water partition coefficient (Wildman–Crippen LogP) is 3.08. The van der Waals surface area contributed by atoms with Crippen molar-refractivity contribution in [2.45, 2.75) is 31.1 Å². The van der Waals surface area contributed by atoms with Crippen LogP contribution in [0.25, 0.3) is 0 Å². The van der Waals surface area contributed by atoms with E-state index in [0.717, 1.165) is 17.7 Å². The Labute approximate surface area is 136 Å². The Hall–Kier alpha value is -1.23. The molecule has 0 bridgehead atoms. The van der Waals surface area contributed by atoms with E-state index in [-0.39, 0.29) is 0 Å². The van der Waals surface area contributed by atoms with Crippen molar-refractivity contribution in [2.24, 2.45) is 5.92 Å². The van der Waals surface area contributed by atoms with Gasteiger partial charge in [0.25, 0.3) is 0 Å². The molecule has 120 valence electrons. The maximum atomic E-state index is 12.5. The highest BCUT2D eigenvalue weighted by Gasteiger charge is 2.27. The van der Waals surface area contributed by atoms with Crippen molar-refractivity contribution in [3.63, 3.8) is 0 Å². The van der Waals surface area contributed by atoms with Gasteiger partial charge in [0, 0.05) is 30.2 Å². The normalized spacial score (nSPS) is 19.5. The summed E-state index contributed by atoms with van der Waals surface area (Å²) in [6, 6.07) is 9.41. The van der Waals surface area contributed by atoms with Crippen molar-refractivity contribution in [2.75, 3.05) is 23.6 Å². The van der Waals surface area contributed by atoms with Gasteiger partial charge < -0.3 is 0 Å². The second-order valence-electron chi connectivity index (χ2n) is 5.47. The van der Waals surface area contributed by atoms with Crippen molar-refractivity contribution < 1.29 is 8.42 Å². The lowest BCUT2D eigenvalue weighted by Crippen LogP contribution is -2.42. The number of hydrogen-bond acceptors (Lipinski definition) is 4. The van der Waals surface area contributed by atoms with E-state index in [0.29, 0.717) is 36.9 Å². The van der Waals surface area contributed by atoms with Crippen LogP contribution in [0.15, 0.2) is 29.2 Å². The molecule has 0 amide bonds. The zero-order valence-electron chi connectivity index (χ0n) is 12.7. The van der Waals surface area contributed by atoms with Crippen molar-refractivity contribution >= 4 is 27.7 Å². The van der Waals surface area contributed by atoms with E-state index in [9.17, 15) is 8.42 Å². The molecule has 22 heavy (non-hydrogen) atoms. The molecule has 1 aliphatic heterocycles. The molecule has 1 aromatic rings. The third-order valence-electron chi connectivity index (χ3n) is 3.56. The lowest BCUT2D eigenvalue weighted by Gasteiger charge is -2.30. The molecule has 1 aromatic carbocycles. The maximum absolute atomic E-state index is 12.5. The molecule has 0 saturated carbocycles. The summed E-state index contributed by atoms with van der Waals surface area (Å²) in [5.41, 5.74) is 0.587. The van der Waals surface area contributed by atoms with E-state index in [1.54, 1.807) is 6.07 Å². The van der Waals surface area contributed by atoms with Gasteiger partial charge in [-0.05, 0) is 30.9 Å². The molecule has 1 saturated heterocycles. The van der Waals surface area contributed by atoms with Gasteiger partial charge in [0.1, 0.15) is 0 Å². The highest BCUT2D eigenvalue weighted by Crippen LogP contribution is 2.29. The second kappa shape index (κ2) is 7.86. The van der Waals surface area contributed by atoms with E-state index in [1.807, 2.05) is 18.2 Å². The first kappa shape index (κ1) is 17.1. The van der Waals surface area contributed by atoms with E-state index < -0.39 is 10.2 Å². The highest BCUT2D eigenvalue weighted by molar-refractivity contribution is 7.99. The van der Waals surface area contributed by atoms with Gasteiger partial charge >= 0.3 is 10.2 Å². The number of rotatable bonds is 6. The number of nitrogens with zero attached hydrogens (tertiary/aromatic N) is 2. The number of benzene rings is 1. The molecule has 1 aliphatic rings. The molecule has 1 fully saturated rings. The molecule has 5 nitrogen and oxygen atoms in total. The van der Waals surface area contributed by atoms with Crippen LogP contribution in [-0.2, 0) is 10.2 Å². The number of hydrogen-bond donors (Lipinski definition) is 1. The average molecular weight is 339 g/mol. The minimum atomic E-state index is -3.52. The molecule has 0 spiro atoms. The maximum Gasteiger partial charge on any atom is 0.301 e. The first-order chi connectivity index (χ1) is 10.5. The van der Waals surface area contributed by atoms with Gasteiger partial charge in [-0.1, -0.05) is 19.1 Å². The van der Waals surface area contributed by atoms with Gasteiger partial charge in [0.15, 0.2) is 0 Å². The van der Waals surface area contributed by atoms with Crippen LogP contribution < -0.4 is 4.72 Å². The topological polar surface area (TPSA) is 73.2 Å². The Balaban J connectivity index is 2.10. The second-order valence-corrected chi connectivity index (χ2v) is 8.27. The molecule has 1 N–H and O–H groups in total. The fourth-order valence-electron chi connectivity index (χ4n) is 2.45. The van der Waals surface area contributed by atoms with Crippen LogP contribution in [0.4, 0.5) is 5.69 Å². The Morgan fingerprint density at radius 2 is 2.23 bits per heavy atom. The summed E-state index contributed by atoms with van der Waals surface area (Å²) >= 11 is 1.49. The summed E-state index contributed by atoms with van der Waals surface area (Å²) in [6.45, 7) is 3.22. The molecule has 1 heterocycles. The summed E-state index contributed by atoms with van der Waals surface area (Å²) in [4.78, 5) is 0.853. The number of anilines is 1. The van der Waals surface area contributed by atoms with Gasteiger partial charge in [-0.25, -0.2) is 0 Å².